The molecule has 2 unspecified atom stereocenters. The molecule has 118 valence electrons. The highest BCUT2D eigenvalue weighted by Gasteiger charge is 2.31. The molecule has 2 rings (SSSR count). The van der Waals surface area contributed by atoms with E-state index >= 15 is 0 Å². The lowest BCUT2D eigenvalue weighted by atomic mass is 10.1. The Balaban J connectivity index is 1.99. The van der Waals surface area contributed by atoms with Crippen LogP contribution in [0.5, 0.6) is 0 Å². The van der Waals surface area contributed by atoms with Crippen LogP contribution in [0.2, 0.25) is 0 Å². The third-order valence-corrected chi connectivity index (χ3v) is 6.33. The van der Waals surface area contributed by atoms with Gasteiger partial charge in [0.25, 0.3) is 0 Å². The van der Waals surface area contributed by atoms with Gasteiger partial charge in [-0.05, 0) is 12.5 Å². The van der Waals surface area contributed by atoms with Gasteiger partial charge in [0.2, 0.25) is 0 Å². The summed E-state index contributed by atoms with van der Waals surface area (Å²) in [5, 5.41) is 9.59. The molecule has 2 atom stereocenters. The number of benzene rings is 1. The average Bonchev–Trinajstić information content (AvgIpc) is 2.44. The van der Waals surface area contributed by atoms with Crippen molar-refractivity contribution < 1.29 is 17.9 Å². The molecule has 0 aromatic heterocycles. The first-order chi connectivity index (χ1) is 9.89. The fourth-order valence-electron chi connectivity index (χ4n) is 2.45. The second-order valence-electron chi connectivity index (χ2n) is 5.22. The van der Waals surface area contributed by atoms with Crippen molar-refractivity contribution in [3.05, 3.63) is 35.6 Å². The quantitative estimate of drug-likeness (QED) is 0.888. The average molecular weight is 333 g/mol. The number of sulfone groups is 1. The molecule has 0 spiro atoms. The van der Waals surface area contributed by atoms with Gasteiger partial charge in [0.05, 0.1) is 6.10 Å². The summed E-state index contributed by atoms with van der Waals surface area (Å²) in [7, 11) is -3.15. The zero-order valence-corrected chi connectivity index (χ0v) is 13.5. The van der Waals surface area contributed by atoms with Gasteiger partial charge >= 0.3 is 0 Å². The molecular formula is C14H20FNO3S2. The van der Waals surface area contributed by atoms with Gasteiger partial charge in [0.1, 0.15) is 11.2 Å². The zero-order valence-electron chi connectivity index (χ0n) is 11.9. The minimum absolute atomic E-state index is 0.264. The first-order valence-corrected chi connectivity index (χ1v) is 9.93. The molecule has 1 aromatic carbocycles. The first kappa shape index (κ1) is 16.7. The van der Waals surface area contributed by atoms with E-state index in [4.69, 9.17) is 0 Å². The van der Waals surface area contributed by atoms with Crippen molar-refractivity contribution >= 4 is 21.6 Å². The summed E-state index contributed by atoms with van der Waals surface area (Å²) in [5.41, 5.74) is 0.264. The van der Waals surface area contributed by atoms with Gasteiger partial charge in [-0.2, -0.15) is 11.8 Å². The van der Waals surface area contributed by atoms with Gasteiger partial charge in [0.15, 0.2) is 9.84 Å². The van der Waals surface area contributed by atoms with Crippen molar-refractivity contribution in [1.82, 2.24) is 4.90 Å². The van der Waals surface area contributed by atoms with E-state index in [1.54, 1.807) is 30.0 Å². The summed E-state index contributed by atoms with van der Waals surface area (Å²) in [5.74, 6) is 0.995. The van der Waals surface area contributed by atoms with E-state index in [1.165, 1.54) is 12.3 Å². The van der Waals surface area contributed by atoms with E-state index < -0.39 is 27.1 Å². The van der Waals surface area contributed by atoms with Gasteiger partial charge in [-0.3, -0.25) is 4.90 Å². The van der Waals surface area contributed by atoms with Gasteiger partial charge in [0, 0.05) is 36.4 Å². The standard InChI is InChI=1S/C14H20FNO3S2/c1-21(18,19)14-10-20-9-8-16(14)7-6-13(17)11-4-2-3-5-12(11)15/h2-5,13-14,17H,6-10H2,1H3. The highest BCUT2D eigenvalue weighted by molar-refractivity contribution is 8.00. The Hall–Kier alpha value is -0.630. The lowest BCUT2D eigenvalue weighted by Gasteiger charge is -2.34. The number of hydrogen-bond acceptors (Lipinski definition) is 5. The van der Waals surface area contributed by atoms with Gasteiger partial charge in [-0.1, -0.05) is 18.2 Å². The molecule has 4 nitrogen and oxygen atoms in total. The second kappa shape index (κ2) is 7.09. The van der Waals surface area contributed by atoms with Crippen LogP contribution in [0.4, 0.5) is 4.39 Å². The van der Waals surface area contributed by atoms with Crippen molar-refractivity contribution in [3.8, 4) is 0 Å². The number of rotatable bonds is 5. The highest BCUT2D eigenvalue weighted by Crippen LogP contribution is 2.24. The van der Waals surface area contributed by atoms with Crippen LogP contribution in [0.15, 0.2) is 24.3 Å². The Morgan fingerprint density at radius 1 is 1.48 bits per heavy atom. The first-order valence-electron chi connectivity index (χ1n) is 6.82. The number of halogens is 1. The van der Waals surface area contributed by atoms with Crippen LogP contribution in [-0.4, -0.2) is 54.6 Å². The number of aliphatic hydroxyl groups excluding tert-OH is 1. The lowest BCUT2D eigenvalue weighted by Crippen LogP contribution is -2.47. The lowest BCUT2D eigenvalue weighted by molar-refractivity contribution is 0.137. The van der Waals surface area contributed by atoms with Crippen LogP contribution in [0.25, 0.3) is 0 Å². The van der Waals surface area contributed by atoms with Crippen molar-refractivity contribution in [1.29, 1.82) is 0 Å². The maximum absolute atomic E-state index is 13.6. The predicted octanol–water partition coefficient (Wildman–Crippen LogP) is 1.67. The van der Waals surface area contributed by atoms with Crippen LogP contribution in [0.1, 0.15) is 18.1 Å². The van der Waals surface area contributed by atoms with Gasteiger partial charge in [-0.15, -0.1) is 0 Å². The van der Waals surface area contributed by atoms with Crippen LogP contribution in [0.3, 0.4) is 0 Å². The number of nitrogens with zero attached hydrogens (tertiary/aromatic N) is 1. The van der Waals surface area contributed by atoms with Crippen molar-refractivity contribution in [2.75, 3.05) is 30.9 Å². The molecule has 1 N–H and O–H groups in total. The molecule has 1 aromatic rings. The summed E-state index contributed by atoms with van der Waals surface area (Å²) in [6.07, 6.45) is 0.641. The third kappa shape index (κ3) is 4.42. The molecular weight excluding hydrogens is 313 g/mol. The second-order valence-corrected chi connectivity index (χ2v) is 8.57. The predicted molar refractivity (Wildman–Crippen MR) is 83.5 cm³/mol. The van der Waals surface area contributed by atoms with E-state index in [1.807, 2.05) is 4.90 Å². The Labute approximate surface area is 129 Å². The third-order valence-electron chi connectivity index (χ3n) is 3.64. The molecule has 1 fully saturated rings. The summed E-state index contributed by atoms with van der Waals surface area (Å²) >= 11 is 1.62. The van der Waals surface area contributed by atoms with Crippen LogP contribution in [-0.2, 0) is 9.84 Å². The van der Waals surface area contributed by atoms with Crippen LogP contribution >= 0.6 is 11.8 Å². The summed E-state index contributed by atoms with van der Waals surface area (Å²) < 4.78 is 37.2. The van der Waals surface area contributed by atoms with Crippen LogP contribution < -0.4 is 0 Å². The largest absolute Gasteiger partial charge is 0.388 e. The Morgan fingerprint density at radius 3 is 2.86 bits per heavy atom. The molecule has 0 saturated carbocycles. The Morgan fingerprint density at radius 2 is 2.19 bits per heavy atom. The fourth-order valence-corrected chi connectivity index (χ4v) is 5.43. The molecule has 1 aliphatic heterocycles. The molecule has 7 heteroatoms. The molecule has 1 aliphatic rings. The molecule has 0 amide bonds. The molecule has 0 aliphatic carbocycles. The minimum Gasteiger partial charge on any atom is -0.388 e. The molecule has 1 heterocycles. The topological polar surface area (TPSA) is 57.6 Å². The SMILES string of the molecule is CS(=O)(=O)C1CSCCN1CCC(O)c1ccccc1F. The number of aliphatic hydroxyl groups is 1. The van der Waals surface area contributed by atoms with E-state index in [0.29, 0.717) is 25.3 Å². The summed E-state index contributed by atoms with van der Waals surface area (Å²) in [6, 6.07) is 6.13. The molecule has 0 bridgehead atoms. The fraction of sp³-hybridized carbons (Fsp3) is 0.571. The molecule has 1 saturated heterocycles. The van der Waals surface area contributed by atoms with Crippen molar-refractivity contribution in [2.24, 2.45) is 0 Å². The summed E-state index contributed by atoms with van der Waals surface area (Å²) in [4.78, 5) is 1.87. The number of thioether (sulfide) groups is 1. The maximum Gasteiger partial charge on any atom is 0.164 e. The van der Waals surface area contributed by atoms with E-state index in [9.17, 15) is 17.9 Å². The summed E-state index contributed by atoms with van der Waals surface area (Å²) in [6.45, 7) is 1.11. The zero-order chi connectivity index (χ0) is 15.5. The Kier molecular flexibility index (Phi) is 5.65. The minimum atomic E-state index is -3.15. The van der Waals surface area contributed by atoms with E-state index in [0.717, 1.165) is 5.75 Å². The smallest absolute Gasteiger partial charge is 0.164 e. The van der Waals surface area contributed by atoms with E-state index in [2.05, 4.69) is 0 Å². The van der Waals surface area contributed by atoms with Crippen molar-refractivity contribution in [2.45, 2.75) is 17.9 Å². The molecule has 0 radical (unpaired) electrons. The highest BCUT2D eigenvalue weighted by atomic mass is 32.2. The monoisotopic (exact) mass is 333 g/mol. The molecule has 21 heavy (non-hydrogen) atoms. The van der Waals surface area contributed by atoms with Crippen molar-refractivity contribution in [3.63, 3.8) is 0 Å². The van der Waals surface area contributed by atoms with Gasteiger partial charge < -0.3 is 5.11 Å². The normalized spacial score (nSPS) is 22.1. The van der Waals surface area contributed by atoms with E-state index in [-0.39, 0.29) is 5.56 Å². The number of hydrogen-bond donors (Lipinski definition) is 1. The Bertz CT molecular complexity index is 579. The maximum atomic E-state index is 13.6. The van der Waals surface area contributed by atoms with Crippen LogP contribution in [0, 0.1) is 5.82 Å². The van der Waals surface area contributed by atoms with Gasteiger partial charge in [-0.25, -0.2) is 12.8 Å².